The van der Waals surface area contributed by atoms with Gasteiger partial charge in [-0.3, -0.25) is 14.1 Å². The van der Waals surface area contributed by atoms with Crippen LogP contribution in [0.4, 0.5) is 0 Å². The maximum Gasteiger partial charge on any atom is 0.306 e. The lowest BCUT2D eigenvalue weighted by Gasteiger charge is -2.40. The number of carbonyl (C=O) groups excluding carboxylic acids is 2. The van der Waals surface area contributed by atoms with Crippen LogP contribution in [0.2, 0.25) is 0 Å². The van der Waals surface area contributed by atoms with Gasteiger partial charge in [-0.15, -0.1) is 0 Å². The second-order valence-corrected chi connectivity index (χ2v) is 16.1. The Hall–Kier alpha value is -2.39. The summed E-state index contributed by atoms with van der Waals surface area (Å²) in [6.45, 7) is 3.65. The molecule has 1 fully saturated rings. The first kappa shape index (κ1) is 51.6. The Balaban J connectivity index is 2.54. The SMILES string of the molecule is CCCCC/C=C/C/C=C/C/C=C/CCCCC(=O)O[C@H](COC(=O)CCCCC/C=C/CCCCCCCC)CO[C@H]1O[C@H](CS(=O)(=O)O)[C@@H](O)C(O)C1O. The molecule has 0 bridgehead atoms. The molecule has 0 spiro atoms. The van der Waals surface area contributed by atoms with Crippen LogP contribution in [0.5, 0.6) is 0 Å². The molecule has 0 aromatic heterocycles. The largest absolute Gasteiger partial charge is 0.462 e. The van der Waals surface area contributed by atoms with Crippen LogP contribution in [0.25, 0.3) is 0 Å². The van der Waals surface area contributed by atoms with Crippen molar-refractivity contribution in [2.24, 2.45) is 0 Å². The van der Waals surface area contributed by atoms with E-state index in [1.165, 1.54) is 57.8 Å². The summed E-state index contributed by atoms with van der Waals surface area (Å²) in [5.74, 6) is -2.06. The third-order valence-electron chi connectivity index (χ3n) is 9.38. The minimum atomic E-state index is -4.61. The number of esters is 2. The van der Waals surface area contributed by atoms with Crippen molar-refractivity contribution in [3.05, 3.63) is 48.6 Å². The first-order valence-electron chi connectivity index (χ1n) is 21.2. The van der Waals surface area contributed by atoms with Crippen LogP contribution in [0.15, 0.2) is 48.6 Å². The van der Waals surface area contributed by atoms with Gasteiger partial charge in [0, 0.05) is 12.8 Å². The van der Waals surface area contributed by atoms with E-state index in [1.54, 1.807) is 0 Å². The highest BCUT2D eigenvalue weighted by Gasteiger charge is 2.46. The van der Waals surface area contributed by atoms with E-state index < -0.39 is 71.2 Å². The molecule has 13 heteroatoms. The van der Waals surface area contributed by atoms with Crippen LogP contribution < -0.4 is 0 Å². The maximum absolute atomic E-state index is 12.8. The fourth-order valence-corrected chi connectivity index (χ4v) is 6.72. The predicted molar refractivity (Wildman–Crippen MR) is 219 cm³/mol. The molecule has 1 aliphatic heterocycles. The van der Waals surface area contributed by atoms with E-state index in [9.17, 15) is 37.9 Å². The van der Waals surface area contributed by atoms with Gasteiger partial charge in [0.1, 0.15) is 36.8 Å². The average molecular weight is 815 g/mol. The molecule has 12 nitrogen and oxygen atoms in total. The average Bonchev–Trinajstić information content (AvgIpc) is 3.16. The molecule has 0 amide bonds. The van der Waals surface area contributed by atoms with Gasteiger partial charge in [-0.2, -0.15) is 8.42 Å². The molecule has 2 unspecified atom stereocenters. The first-order valence-corrected chi connectivity index (χ1v) is 22.8. The Morgan fingerprint density at radius 2 is 1.07 bits per heavy atom. The number of aliphatic hydroxyl groups is 3. The standard InChI is InChI=1S/C43H74O12S/c1-3-5-7-9-11-13-15-17-18-20-22-24-26-28-30-32-39(45)54-36(34-53-43-42(48)41(47)40(46)37(55-43)35-56(49,50)51)33-52-38(44)31-29-27-25-23-21-19-16-14-12-10-8-6-4-2/h11,13,17-19,21-22,24,36-37,40-43,46-48H,3-10,12,14-16,20,23,25-35H2,1-2H3,(H,49,50,51)/b13-11+,18-17+,21-19+,24-22+/t36-,37-,40-,41?,42?,43+/m1/s1. The lowest BCUT2D eigenvalue weighted by atomic mass is 10.00. The summed E-state index contributed by atoms with van der Waals surface area (Å²) in [5.41, 5.74) is 0. The fourth-order valence-electron chi connectivity index (χ4n) is 6.03. The van der Waals surface area contributed by atoms with Gasteiger partial charge in [-0.25, -0.2) is 0 Å². The van der Waals surface area contributed by atoms with Crippen LogP contribution in [0.1, 0.15) is 155 Å². The van der Waals surface area contributed by atoms with E-state index in [0.29, 0.717) is 12.8 Å². The zero-order valence-corrected chi connectivity index (χ0v) is 35.0. The van der Waals surface area contributed by atoms with Crippen LogP contribution in [-0.2, 0) is 38.7 Å². The summed E-state index contributed by atoms with van der Waals surface area (Å²) in [6.07, 6.45) is 28.8. The molecule has 1 heterocycles. The van der Waals surface area contributed by atoms with E-state index in [0.717, 1.165) is 57.8 Å². The van der Waals surface area contributed by atoms with Crippen LogP contribution >= 0.6 is 0 Å². The van der Waals surface area contributed by atoms with E-state index in [1.807, 2.05) is 0 Å². The van der Waals surface area contributed by atoms with E-state index in [-0.39, 0.29) is 19.4 Å². The number of hydrogen-bond acceptors (Lipinski definition) is 11. The summed E-state index contributed by atoms with van der Waals surface area (Å²) in [4.78, 5) is 25.3. The number of carbonyl (C=O) groups is 2. The minimum Gasteiger partial charge on any atom is -0.462 e. The van der Waals surface area contributed by atoms with Crippen molar-refractivity contribution in [1.82, 2.24) is 0 Å². The van der Waals surface area contributed by atoms with Crippen LogP contribution in [-0.4, -0.2) is 96.0 Å². The lowest BCUT2D eigenvalue weighted by Crippen LogP contribution is -2.60. The number of unbranched alkanes of at least 4 members (excludes halogenated alkanes) is 14. The van der Waals surface area contributed by atoms with Gasteiger partial charge in [0.05, 0.1) is 6.61 Å². The maximum atomic E-state index is 12.8. The van der Waals surface area contributed by atoms with Gasteiger partial charge in [-0.1, -0.05) is 114 Å². The highest BCUT2D eigenvalue weighted by Crippen LogP contribution is 2.24. The molecule has 0 aromatic carbocycles. The molecule has 1 aliphatic rings. The Labute approximate surface area is 337 Å². The molecule has 324 valence electrons. The molecule has 0 aliphatic carbocycles. The number of allylic oxidation sites excluding steroid dienone is 8. The van der Waals surface area contributed by atoms with Gasteiger partial charge < -0.3 is 34.3 Å². The summed E-state index contributed by atoms with van der Waals surface area (Å²) < 4.78 is 53.9. The van der Waals surface area contributed by atoms with Gasteiger partial charge in [0.2, 0.25) is 0 Å². The van der Waals surface area contributed by atoms with Crippen LogP contribution in [0, 0.1) is 0 Å². The quantitative estimate of drug-likeness (QED) is 0.0213. The fraction of sp³-hybridized carbons (Fsp3) is 0.767. The molecule has 0 aromatic rings. The second-order valence-electron chi connectivity index (χ2n) is 14.6. The Bertz CT molecular complexity index is 1230. The van der Waals surface area contributed by atoms with Crippen molar-refractivity contribution in [3.63, 3.8) is 0 Å². The van der Waals surface area contributed by atoms with E-state index in [4.69, 9.17) is 18.9 Å². The molecular formula is C43H74O12S. The first-order chi connectivity index (χ1) is 27.0. The topological polar surface area (TPSA) is 186 Å². The third-order valence-corrected chi connectivity index (χ3v) is 10.1. The van der Waals surface area contributed by atoms with Gasteiger partial charge >= 0.3 is 11.9 Å². The number of ether oxygens (including phenoxy) is 4. The van der Waals surface area contributed by atoms with Gasteiger partial charge in [0.15, 0.2) is 12.4 Å². The second kappa shape index (κ2) is 33.6. The third kappa shape index (κ3) is 28.1. The zero-order chi connectivity index (χ0) is 41.3. The molecule has 56 heavy (non-hydrogen) atoms. The summed E-state index contributed by atoms with van der Waals surface area (Å²) >= 11 is 0. The van der Waals surface area contributed by atoms with E-state index in [2.05, 4.69) is 62.5 Å². The highest BCUT2D eigenvalue weighted by atomic mass is 32.2. The van der Waals surface area contributed by atoms with Gasteiger partial charge in [0.25, 0.3) is 10.1 Å². The molecule has 1 rings (SSSR count). The van der Waals surface area contributed by atoms with E-state index >= 15 is 0 Å². The number of rotatable bonds is 34. The zero-order valence-electron chi connectivity index (χ0n) is 34.2. The smallest absolute Gasteiger partial charge is 0.306 e. The highest BCUT2D eigenvalue weighted by molar-refractivity contribution is 7.85. The molecule has 6 atom stereocenters. The molecule has 0 saturated carbocycles. The van der Waals surface area contributed by atoms with Crippen molar-refractivity contribution in [2.75, 3.05) is 19.0 Å². The molecule has 4 N–H and O–H groups in total. The summed E-state index contributed by atoms with van der Waals surface area (Å²) in [7, 11) is -4.61. The Morgan fingerprint density at radius 1 is 0.607 bits per heavy atom. The lowest BCUT2D eigenvalue weighted by molar-refractivity contribution is -0.297. The molecular weight excluding hydrogens is 741 g/mol. The monoisotopic (exact) mass is 814 g/mol. The molecule has 1 saturated heterocycles. The number of aliphatic hydroxyl groups excluding tert-OH is 3. The van der Waals surface area contributed by atoms with Crippen molar-refractivity contribution >= 4 is 22.1 Å². The Kier molecular flexibility index (Phi) is 30.9. The summed E-state index contributed by atoms with van der Waals surface area (Å²) in [6, 6.07) is 0. The Morgan fingerprint density at radius 3 is 1.68 bits per heavy atom. The minimum absolute atomic E-state index is 0.111. The predicted octanol–water partition coefficient (Wildman–Crippen LogP) is 8.00. The number of hydrogen-bond donors (Lipinski definition) is 4. The van der Waals surface area contributed by atoms with Crippen molar-refractivity contribution in [2.45, 2.75) is 192 Å². The van der Waals surface area contributed by atoms with Crippen molar-refractivity contribution in [1.29, 1.82) is 0 Å². The van der Waals surface area contributed by atoms with Crippen LogP contribution in [0.3, 0.4) is 0 Å². The normalized spacial score (nSPS) is 21.1. The van der Waals surface area contributed by atoms with Gasteiger partial charge in [-0.05, 0) is 77.0 Å². The summed E-state index contributed by atoms with van der Waals surface area (Å²) in [5, 5.41) is 30.8. The molecule has 0 radical (unpaired) electrons. The van der Waals surface area contributed by atoms with Crippen molar-refractivity contribution < 1.29 is 56.8 Å². The van der Waals surface area contributed by atoms with Crippen molar-refractivity contribution in [3.8, 4) is 0 Å².